The van der Waals surface area contributed by atoms with E-state index < -0.39 is 0 Å². The van der Waals surface area contributed by atoms with E-state index in [4.69, 9.17) is 4.74 Å². The largest absolute Gasteiger partial charge is 0.496 e. The van der Waals surface area contributed by atoms with Gasteiger partial charge in [0, 0.05) is 31.6 Å². The van der Waals surface area contributed by atoms with Gasteiger partial charge < -0.3 is 15.0 Å². The Kier molecular flexibility index (Phi) is 7.63. The highest BCUT2D eigenvalue weighted by atomic mass is 35.5. The number of para-hydroxylation sites is 1. The van der Waals surface area contributed by atoms with Gasteiger partial charge in [-0.15, -0.1) is 12.4 Å². The molecule has 146 valence electrons. The second-order valence-electron chi connectivity index (χ2n) is 6.71. The third kappa shape index (κ3) is 4.99. The van der Waals surface area contributed by atoms with Gasteiger partial charge in [0.25, 0.3) is 0 Å². The van der Waals surface area contributed by atoms with E-state index in [1.807, 2.05) is 42.2 Å². The number of piperazine rings is 1. The lowest BCUT2D eigenvalue weighted by Crippen LogP contribution is -2.49. The van der Waals surface area contributed by atoms with Gasteiger partial charge in [-0.3, -0.25) is 4.79 Å². The molecule has 0 aliphatic carbocycles. The van der Waals surface area contributed by atoms with Crippen LogP contribution in [0.25, 0.3) is 0 Å². The first-order valence-electron chi connectivity index (χ1n) is 8.98. The van der Waals surface area contributed by atoms with Crippen LogP contribution >= 0.6 is 12.4 Å². The van der Waals surface area contributed by atoms with Crippen molar-refractivity contribution >= 4 is 18.3 Å². The molecule has 1 amide bonds. The molecule has 2 aromatic rings. The van der Waals surface area contributed by atoms with Gasteiger partial charge in [0.05, 0.1) is 13.2 Å². The fourth-order valence-electron chi connectivity index (χ4n) is 3.53. The van der Waals surface area contributed by atoms with Crippen molar-refractivity contribution in [1.29, 1.82) is 0 Å². The highest BCUT2D eigenvalue weighted by molar-refractivity contribution is 5.85. The Morgan fingerprint density at radius 2 is 2.07 bits per heavy atom. The summed E-state index contributed by atoms with van der Waals surface area (Å²) in [6.45, 7) is 4.08. The number of benzene rings is 2. The molecule has 0 saturated carbocycles. The number of rotatable bonds is 5. The Hall–Kier alpha value is -2.11. The number of nitrogens with one attached hydrogen (secondary N) is 1. The molecule has 4 nitrogen and oxygen atoms in total. The van der Waals surface area contributed by atoms with Crippen LogP contribution in [0, 0.1) is 5.82 Å². The lowest BCUT2D eigenvalue weighted by molar-refractivity contribution is -0.134. The fraction of sp³-hybridized carbons (Fsp3) is 0.381. The molecule has 1 aliphatic rings. The standard InChI is InChI=1S/C21H25FN2O2.ClH/c1-15(16-6-5-7-17(22)13-16)12-21(25)24-11-10-23-14-19(24)18-8-3-4-9-20(18)26-2;/h3-9,13,15,19,23H,10-12,14H2,1-2H3;1H. The Balaban J connectivity index is 0.00000261. The van der Waals surface area contributed by atoms with E-state index in [2.05, 4.69) is 5.32 Å². The second kappa shape index (κ2) is 9.72. The zero-order chi connectivity index (χ0) is 18.5. The summed E-state index contributed by atoms with van der Waals surface area (Å²) in [6.07, 6.45) is 0.356. The number of carbonyl (C=O) groups excluding carboxylic acids is 1. The van der Waals surface area contributed by atoms with Crippen LogP contribution in [0.5, 0.6) is 5.75 Å². The molecular formula is C21H26ClFN2O2. The Morgan fingerprint density at radius 1 is 1.30 bits per heavy atom. The molecular weight excluding hydrogens is 367 g/mol. The summed E-state index contributed by atoms with van der Waals surface area (Å²) in [6, 6.07) is 14.2. The van der Waals surface area contributed by atoms with Crippen LogP contribution in [0.2, 0.25) is 0 Å². The second-order valence-corrected chi connectivity index (χ2v) is 6.71. The van der Waals surface area contributed by atoms with Crippen molar-refractivity contribution in [2.75, 3.05) is 26.7 Å². The topological polar surface area (TPSA) is 41.6 Å². The smallest absolute Gasteiger partial charge is 0.223 e. The number of nitrogens with zero attached hydrogens (tertiary/aromatic N) is 1. The SMILES string of the molecule is COc1ccccc1C1CNCCN1C(=O)CC(C)c1cccc(F)c1.Cl. The van der Waals surface area contributed by atoms with Crippen molar-refractivity contribution in [2.24, 2.45) is 0 Å². The van der Waals surface area contributed by atoms with Gasteiger partial charge in [0.2, 0.25) is 5.91 Å². The summed E-state index contributed by atoms with van der Waals surface area (Å²) in [5, 5.41) is 3.36. The molecule has 0 bridgehead atoms. The van der Waals surface area contributed by atoms with Crippen LogP contribution in [0.4, 0.5) is 4.39 Å². The molecule has 1 N–H and O–H groups in total. The van der Waals surface area contributed by atoms with Crippen molar-refractivity contribution in [3.8, 4) is 5.75 Å². The quantitative estimate of drug-likeness (QED) is 0.838. The molecule has 3 rings (SSSR count). The Bertz CT molecular complexity index is 771. The molecule has 0 radical (unpaired) electrons. The Morgan fingerprint density at radius 3 is 2.81 bits per heavy atom. The number of hydrogen-bond donors (Lipinski definition) is 1. The minimum Gasteiger partial charge on any atom is -0.496 e. The summed E-state index contributed by atoms with van der Waals surface area (Å²) < 4.78 is 19.0. The van der Waals surface area contributed by atoms with Gasteiger partial charge in [0.15, 0.2) is 0 Å². The van der Waals surface area contributed by atoms with Crippen molar-refractivity contribution in [3.05, 3.63) is 65.5 Å². The molecule has 0 spiro atoms. The van der Waals surface area contributed by atoms with Gasteiger partial charge in [-0.2, -0.15) is 0 Å². The lowest BCUT2D eigenvalue weighted by Gasteiger charge is -2.37. The molecule has 6 heteroatoms. The van der Waals surface area contributed by atoms with Crippen molar-refractivity contribution in [2.45, 2.75) is 25.3 Å². The molecule has 27 heavy (non-hydrogen) atoms. The van der Waals surface area contributed by atoms with Gasteiger partial charge in [-0.1, -0.05) is 37.3 Å². The average molecular weight is 393 g/mol. The molecule has 2 unspecified atom stereocenters. The van der Waals surface area contributed by atoms with Crippen LogP contribution in [0.15, 0.2) is 48.5 Å². The molecule has 1 saturated heterocycles. The van der Waals surface area contributed by atoms with E-state index >= 15 is 0 Å². The first-order chi connectivity index (χ1) is 12.6. The normalized spacial score (nSPS) is 17.7. The van der Waals surface area contributed by atoms with Crippen molar-refractivity contribution < 1.29 is 13.9 Å². The van der Waals surface area contributed by atoms with Crippen LogP contribution in [-0.4, -0.2) is 37.6 Å². The van der Waals surface area contributed by atoms with Crippen LogP contribution in [0.1, 0.15) is 36.4 Å². The summed E-state index contributed by atoms with van der Waals surface area (Å²) >= 11 is 0. The predicted octanol–water partition coefficient (Wildman–Crippen LogP) is 3.92. The predicted molar refractivity (Wildman–Crippen MR) is 107 cm³/mol. The Labute approximate surface area is 166 Å². The minimum absolute atomic E-state index is 0. The van der Waals surface area contributed by atoms with Gasteiger partial charge in [-0.05, 0) is 29.7 Å². The maximum Gasteiger partial charge on any atom is 0.223 e. The number of carbonyl (C=O) groups is 1. The maximum atomic E-state index is 13.5. The molecule has 0 aromatic heterocycles. The third-order valence-electron chi connectivity index (χ3n) is 4.96. The number of ether oxygens (including phenoxy) is 1. The third-order valence-corrected chi connectivity index (χ3v) is 4.96. The maximum absolute atomic E-state index is 13.5. The van der Waals surface area contributed by atoms with E-state index in [1.165, 1.54) is 12.1 Å². The number of hydrogen-bond acceptors (Lipinski definition) is 3. The zero-order valence-corrected chi connectivity index (χ0v) is 16.5. The van der Waals surface area contributed by atoms with E-state index in [-0.39, 0.29) is 36.1 Å². The van der Waals surface area contributed by atoms with Crippen molar-refractivity contribution in [1.82, 2.24) is 10.2 Å². The van der Waals surface area contributed by atoms with Gasteiger partial charge in [0.1, 0.15) is 11.6 Å². The molecule has 1 aliphatic heterocycles. The summed E-state index contributed by atoms with van der Waals surface area (Å²) in [5.74, 6) is 0.568. The molecule has 2 atom stereocenters. The van der Waals surface area contributed by atoms with Crippen LogP contribution in [-0.2, 0) is 4.79 Å². The highest BCUT2D eigenvalue weighted by Gasteiger charge is 2.30. The van der Waals surface area contributed by atoms with Gasteiger partial charge >= 0.3 is 0 Å². The molecule has 1 fully saturated rings. The summed E-state index contributed by atoms with van der Waals surface area (Å²) in [5.41, 5.74) is 1.86. The zero-order valence-electron chi connectivity index (χ0n) is 15.7. The van der Waals surface area contributed by atoms with E-state index in [0.29, 0.717) is 19.5 Å². The van der Waals surface area contributed by atoms with Gasteiger partial charge in [-0.25, -0.2) is 4.39 Å². The first kappa shape index (κ1) is 21.2. The first-order valence-corrected chi connectivity index (χ1v) is 8.98. The van der Waals surface area contributed by atoms with Crippen LogP contribution in [0.3, 0.4) is 0 Å². The number of halogens is 2. The number of methoxy groups -OCH3 is 1. The fourth-order valence-corrected chi connectivity index (χ4v) is 3.53. The lowest BCUT2D eigenvalue weighted by atomic mass is 9.95. The van der Waals surface area contributed by atoms with E-state index in [1.54, 1.807) is 13.2 Å². The monoisotopic (exact) mass is 392 g/mol. The van der Waals surface area contributed by atoms with E-state index in [0.717, 1.165) is 23.4 Å². The summed E-state index contributed by atoms with van der Waals surface area (Å²) in [4.78, 5) is 14.9. The van der Waals surface area contributed by atoms with Crippen LogP contribution < -0.4 is 10.1 Å². The summed E-state index contributed by atoms with van der Waals surface area (Å²) in [7, 11) is 1.65. The molecule has 1 heterocycles. The minimum atomic E-state index is -0.268. The van der Waals surface area contributed by atoms with E-state index in [9.17, 15) is 9.18 Å². The average Bonchev–Trinajstić information content (AvgIpc) is 2.67. The van der Waals surface area contributed by atoms with Crippen molar-refractivity contribution in [3.63, 3.8) is 0 Å². The molecule has 2 aromatic carbocycles. The highest BCUT2D eigenvalue weighted by Crippen LogP contribution is 2.31. The number of amides is 1.